The Balaban J connectivity index is 1.57. The van der Waals surface area contributed by atoms with E-state index in [-0.39, 0.29) is 5.91 Å². The number of amides is 1. The summed E-state index contributed by atoms with van der Waals surface area (Å²) >= 11 is 6.45. The van der Waals surface area contributed by atoms with Gasteiger partial charge in [-0.05, 0) is 35.9 Å². The van der Waals surface area contributed by atoms with Gasteiger partial charge in [-0.2, -0.15) is 0 Å². The van der Waals surface area contributed by atoms with Crippen molar-refractivity contribution in [2.75, 3.05) is 20.3 Å². The second-order valence-electron chi connectivity index (χ2n) is 5.32. The predicted molar refractivity (Wildman–Crippen MR) is 105 cm³/mol. The lowest BCUT2D eigenvalue weighted by atomic mass is 10.2. The van der Waals surface area contributed by atoms with E-state index >= 15 is 0 Å². The van der Waals surface area contributed by atoms with Crippen molar-refractivity contribution >= 4 is 40.3 Å². The lowest BCUT2D eigenvalue weighted by Gasteiger charge is -2.09. The molecule has 1 heterocycles. The average Bonchev–Trinajstić information content (AvgIpc) is 2.87. The summed E-state index contributed by atoms with van der Waals surface area (Å²) in [4.78, 5) is 14.2. The van der Waals surface area contributed by atoms with Gasteiger partial charge in [-0.15, -0.1) is 0 Å². The van der Waals surface area contributed by atoms with Gasteiger partial charge in [-0.25, -0.2) is 0 Å². The Morgan fingerprint density at radius 2 is 1.72 bits per heavy atom. The molecule has 1 amide bonds. The number of carbonyl (C=O) groups excluding carboxylic acids is 1. The fourth-order valence-electron chi connectivity index (χ4n) is 2.23. The lowest BCUT2D eigenvalue weighted by Crippen LogP contribution is -2.22. The third kappa shape index (κ3) is 4.61. The van der Waals surface area contributed by atoms with Crippen molar-refractivity contribution in [2.45, 2.75) is 0 Å². The van der Waals surface area contributed by atoms with Crippen LogP contribution >= 0.6 is 24.0 Å². The maximum absolute atomic E-state index is 12.1. The molecule has 0 unspecified atom stereocenters. The van der Waals surface area contributed by atoms with Crippen molar-refractivity contribution in [2.24, 2.45) is 0 Å². The quantitative estimate of drug-likeness (QED) is 0.436. The second kappa shape index (κ2) is 8.18. The number of rotatable bonds is 6. The number of carbonyl (C=O) groups is 1. The van der Waals surface area contributed by atoms with Crippen LogP contribution in [0.25, 0.3) is 6.08 Å². The van der Waals surface area contributed by atoms with Gasteiger partial charge in [0.2, 0.25) is 0 Å². The summed E-state index contributed by atoms with van der Waals surface area (Å²) in [7, 11) is 1.69. The molecule has 0 saturated carbocycles. The van der Waals surface area contributed by atoms with Crippen molar-refractivity contribution in [3.63, 3.8) is 0 Å². The van der Waals surface area contributed by atoms with Gasteiger partial charge in [0.15, 0.2) is 0 Å². The summed E-state index contributed by atoms with van der Waals surface area (Å²) in [5.41, 5.74) is 0.899. The molecule has 2 aromatic carbocycles. The minimum absolute atomic E-state index is 0.0717. The van der Waals surface area contributed by atoms with Crippen LogP contribution in [-0.4, -0.2) is 35.4 Å². The molecule has 0 N–H and O–H groups in total. The van der Waals surface area contributed by atoms with Gasteiger partial charge in [-0.3, -0.25) is 9.69 Å². The number of hydrogen-bond donors (Lipinski definition) is 0. The molecule has 0 aromatic heterocycles. The molecule has 4 nitrogen and oxygen atoms in total. The van der Waals surface area contributed by atoms with Crippen LogP contribution in [0.15, 0.2) is 59.5 Å². The fourth-order valence-corrected chi connectivity index (χ4v) is 3.41. The average molecular weight is 371 g/mol. The van der Waals surface area contributed by atoms with E-state index in [4.69, 9.17) is 21.7 Å². The molecule has 1 fully saturated rings. The monoisotopic (exact) mass is 371 g/mol. The van der Waals surface area contributed by atoms with Crippen molar-refractivity contribution < 1.29 is 14.3 Å². The third-order valence-electron chi connectivity index (χ3n) is 3.51. The van der Waals surface area contributed by atoms with E-state index < -0.39 is 0 Å². The molecule has 128 valence electrons. The van der Waals surface area contributed by atoms with Gasteiger partial charge >= 0.3 is 0 Å². The Labute approximate surface area is 156 Å². The number of hydrogen-bond acceptors (Lipinski definition) is 5. The molecule has 1 aliphatic heterocycles. The molecular formula is C19H17NO3S2. The first-order valence-electron chi connectivity index (χ1n) is 7.76. The van der Waals surface area contributed by atoms with Crippen LogP contribution in [0, 0.1) is 0 Å². The van der Waals surface area contributed by atoms with Crippen LogP contribution in [0.5, 0.6) is 11.5 Å². The maximum atomic E-state index is 12.1. The van der Waals surface area contributed by atoms with Gasteiger partial charge in [0.25, 0.3) is 5.91 Å². The molecule has 0 bridgehead atoms. The van der Waals surface area contributed by atoms with Crippen LogP contribution in [0.1, 0.15) is 5.56 Å². The van der Waals surface area contributed by atoms with Gasteiger partial charge in [0.05, 0.1) is 4.91 Å². The van der Waals surface area contributed by atoms with Gasteiger partial charge in [0, 0.05) is 7.05 Å². The topological polar surface area (TPSA) is 38.8 Å². The number of thioether (sulfide) groups is 1. The van der Waals surface area contributed by atoms with Crippen LogP contribution < -0.4 is 9.47 Å². The second-order valence-corrected chi connectivity index (χ2v) is 7.00. The first-order valence-corrected chi connectivity index (χ1v) is 8.98. The molecule has 25 heavy (non-hydrogen) atoms. The Bertz CT molecular complexity index is 805. The Hall–Kier alpha value is -2.31. The smallest absolute Gasteiger partial charge is 0.265 e. The highest BCUT2D eigenvalue weighted by atomic mass is 32.2. The molecule has 0 atom stereocenters. The molecule has 1 aliphatic rings. The van der Waals surface area contributed by atoms with E-state index in [0.717, 1.165) is 17.1 Å². The van der Waals surface area contributed by atoms with Crippen molar-refractivity contribution in [1.82, 2.24) is 4.90 Å². The van der Waals surface area contributed by atoms with E-state index in [9.17, 15) is 4.79 Å². The third-order valence-corrected chi connectivity index (χ3v) is 4.99. The zero-order valence-corrected chi connectivity index (χ0v) is 15.3. The van der Waals surface area contributed by atoms with Crippen LogP contribution in [-0.2, 0) is 4.79 Å². The zero-order valence-electron chi connectivity index (χ0n) is 13.7. The molecule has 3 rings (SSSR count). The highest BCUT2D eigenvalue weighted by Gasteiger charge is 2.28. The minimum atomic E-state index is -0.0717. The van der Waals surface area contributed by atoms with Crippen molar-refractivity contribution in [1.29, 1.82) is 0 Å². The van der Waals surface area contributed by atoms with E-state index in [1.807, 2.05) is 60.7 Å². The summed E-state index contributed by atoms with van der Waals surface area (Å²) in [6.45, 7) is 0.901. The Morgan fingerprint density at radius 3 is 2.40 bits per heavy atom. The van der Waals surface area contributed by atoms with E-state index in [1.54, 1.807) is 7.05 Å². The molecule has 0 aliphatic carbocycles. The number of thiocarbonyl (C=S) groups is 1. The van der Waals surface area contributed by atoms with Crippen LogP contribution in [0.4, 0.5) is 0 Å². The summed E-state index contributed by atoms with van der Waals surface area (Å²) in [5.74, 6) is 1.48. The summed E-state index contributed by atoms with van der Waals surface area (Å²) in [5, 5.41) is 0. The minimum Gasteiger partial charge on any atom is -0.490 e. The van der Waals surface area contributed by atoms with Crippen molar-refractivity contribution in [3.05, 3.63) is 65.1 Å². The number of ether oxygens (including phenoxy) is 2. The fraction of sp³-hybridized carbons (Fsp3) is 0.158. The lowest BCUT2D eigenvalue weighted by molar-refractivity contribution is -0.121. The van der Waals surface area contributed by atoms with Crippen molar-refractivity contribution in [3.8, 4) is 11.5 Å². The summed E-state index contributed by atoms with van der Waals surface area (Å²) in [6.07, 6.45) is 1.83. The zero-order chi connectivity index (χ0) is 17.6. The normalized spacial score (nSPS) is 15.7. The van der Waals surface area contributed by atoms with Gasteiger partial charge in [0.1, 0.15) is 29.0 Å². The summed E-state index contributed by atoms with van der Waals surface area (Å²) < 4.78 is 11.9. The molecular weight excluding hydrogens is 354 g/mol. The summed E-state index contributed by atoms with van der Waals surface area (Å²) in [6, 6.07) is 17.2. The van der Waals surface area contributed by atoms with Gasteiger partial charge < -0.3 is 9.47 Å². The largest absolute Gasteiger partial charge is 0.490 e. The van der Waals surface area contributed by atoms with Gasteiger partial charge in [-0.1, -0.05) is 54.3 Å². The highest BCUT2D eigenvalue weighted by molar-refractivity contribution is 8.26. The van der Waals surface area contributed by atoms with E-state index in [2.05, 4.69) is 0 Å². The Kier molecular flexibility index (Phi) is 5.73. The maximum Gasteiger partial charge on any atom is 0.265 e. The first-order chi connectivity index (χ1) is 12.1. The number of para-hydroxylation sites is 1. The standard InChI is InChI=1S/C19H17NO3S2/c1-20-18(21)17(25-19(20)24)13-14-6-5-9-16(12-14)23-11-10-22-15-7-3-2-4-8-15/h2-9,12-13H,10-11H2,1H3/b17-13-. The molecule has 6 heteroatoms. The SMILES string of the molecule is CN1C(=O)/C(=C/c2cccc(OCCOc3ccccc3)c2)SC1=S. The van der Waals surface area contributed by atoms with E-state index in [1.165, 1.54) is 16.7 Å². The molecule has 0 spiro atoms. The Morgan fingerprint density at radius 1 is 1.04 bits per heavy atom. The van der Waals surface area contributed by atoms with Crippen LogP contribution in [0.3, 0.4) is 0 Å². The molecule has 2 aromatic rings. The first kappa shape index (κ1) is 17.5. The number of likely N-dealkylation sites (N-methyl/N-ethyl adjacent to an activating group) is 1. The predicted octanol–water partition coefficient (Wildman–Crippen LogP) is 3.98. The molecule has 1 saturated heterocycles. The number of benzene rings is 2. The molecule has 0 radical (unpaired) electrons. The van der Waals surface area contributed by atoms with E-state index in [0.29, 0.717) is 22.4 Å². The highest BCUT2D eigenvalue weighted by Crippen LogP contribution is 2.31. The number of nitrogens with zero attached hydrogens (tertiary/aromatic N) is 1. The van der Waals surface area contributed by atoms with Crippen LogP contribution in [0.2, 0.25) is 0 Å².